The van der Waals surface area contributed by atoms with E-state index in [2.05, 4.69) is 31.9 Å². The third-order valence-electron chi connectivity index (χ3n) is 12.3. The topological polar surface area (TPSA) is 396 Å². The first kappa shape index (κ1) is 65.0. The molecular weight excluding hydrogens is 1030 g/mol. The highest BCUT2D eigenvalue weighted by molar-refractivity contribution is 5.98. The Bertz CT molecular complexity index is 2160. The van der Waals surface area contributed by atoms with Gasteiger partial charge >= 0.3 is 0 Å². The van der Waals surface area contributed by atoms with Crippen LogP contribution in [0, 0.1) is 0 Å². The van der Waals surface area contributed by atoms with Gasteiger partial charge in [-0.2, -0.15) is 0 Å². The largest absolute Gasteiger partial charge is 0.484 e. The molecule has 0 bridgehead atoms. The maximum atomic E-state index is 13.5. The summed E-state index contributed by atoms with van der Waals surface area (Å²) < 4.78 is 44.0. The first-order chi connectivity index (χ1) is 37.4. The third kappa shape index (κ3) is 22.7. The van der Waals surface area contributed by atoms with Gasteiger partial charge in [0.25, 0.3) is 17.7 Å². The van der Waals surface area contributed by atoms with E-state index in [1.807, 2.05) is 0 Å². The number of nitrogens with two attached hydrogens (primary N) is 1. The summed E-state index contributed by atoms with van der Waals surface area (Å²) in [5, 5.41) is 75.7. The molecule has 6 amide bonds. The summed E-state index contributed by atoms with van der Waals surface area (Å²) in [6, 6.07) is 10.8. The number of hydrogen-bond acceptors (Lipinski definition) is 22. The number of aliphatic hydroxyl groups is 6. The maximum absolute atomic E-state index is 13.5. The first-order valence-electron chi connectivity index (χ1n) is 26.0. The van der Waals surface area contributed by atoms with Gasteiger partial charge in [-0.05, 0) is 88.2 Å². The molecule has 2 aliphatic rings. The van der Waals surface area contributed by atoms with Gasteiger partial charge in [-0.1, -0.05) is 18.6 Å². The zero-order valence-electron chi connectivity index (χ0n) is 44.3. The third-order valence-corrected chi connectivity index (χ3v) is 12.3. The number of ether oxygens (including phenoxy) is 8. The van der Waals surface area contributed by atoms with Crippen molar-refractivity contribution in [2.45, 2.75) is 120 Å². The summed E-state index contributed by atoms with van der Waals surface area (Å²) >= 11 is 0. The zero-order valence-corrected chi connectivity index (χ0v) is 44.3. The van der Waals surface area contributed by atoms with Crippen LogP contribution in [0.5, 0.6) is 11.5 Å². The van der Waals surface area contributed by atoms with E-state index in [0.29, 0.717) is 29.8 Å². The predicted octanol–water partition coefficient (Wildman–Crippen LogP) is -3.56. The van der Waals surface area contributed by atoms with E-state index in [-0.39, 0.29) is 109 Å². The van der Waals surface area contributed by atoms with Crippen LogP contribution in [0.25, 0.3) is 11.1 Å². The zero-order chi connectivity index (χ0) is 57.0. The number of benzene rings is 2. The Hall–Kier alpha value is -5.50. The summed E-state index contributed by atoms with van der Waals surface area (Å²) in [5.41, 5.74) is 6.83. The Morgan fingerprint density at radius 2 is 1.09 bits per heavy atom. The fourth-order valence-electron chi connectivity index (χ4n) is 7.77. The molecular formula is C51H79N7O20. The molecule has 2 heterocycles. The maximum Gasteiger partial charge on any atom is 0.258 e. The molecule has 27 nitrogen and oxygen atoms in total. The van der Waals surface area contributed by atoms with Gasteiger partial charge < -0.3 is 101 Å². The van der Waals surface area contributed by atoms with Crippen LogP contribution >= 0.6 is 0 Å². The normalized spacial score (nSPS) is 23.4. The van der Waals surface area contributed by atoms with E-state index >= 15 is 0 Å². The molecule has 11 atom stereocenters. The number of carbonyl (C=O) groups excluding carboxylic acids is 6. The lowest BCUT2D eigenvalue weighted by Crippen LogP contribution is -2.57. The van der Waals surface area contributed by atoms with Crippen molar-refractivity contribution in [3.05, 3.63) is 48.0 Å². The lowest BCUT2D eigenvalue weighted by molar-refractivity contribution is -0.294. The highest BCUT2D eigenvalue weighted by Gasteiger charge is 2.43. The molecule has 0 spiro atoms. The van der Waals surface area contributed by atoms with Crippen LogP contribution in [0.1, 0.15) is 62.7 Å². The van der Waals surface area contributed by atoms with Gasteiger partial charge in [0.15, 0.2) is 25.8 Å². The molecule has 2 saturated heterocycles. The van der Waals surface area contributed by atoms with Gasteiger partial charge in [-0.3, -0.25) is 34.1 Å². The monoisotopic (exact) mass is 1110 g/mol. The van der Waals surface area contributed by atoms with Crippen LogP contribution in [0.2, 0.25) is 0 Å². The number of aliphatic hydroxyl groups excluding tert-OH is 6. The van der Waals surface area contributed by atoms with E-state index in [4.69, 9.17) is 43.6 Å². The highest BCUT2D eigenvalue weighted by atomic mass is 16.7. The molecule has 438 valence electrons. The average Bonchev–Trinajstić information content (AvgIpc) is 3.44. The van der Waals surface area contributed by atoms with Crippen molar-refractivity contribution in [1.82, 2.24) is 31.9 Å². The Kier molecular flexibility index (Phi) is 29.3. The second kappa shape index (κ2) is 35.2. The van der Waals surface area contributed by atoms with Crippen molar-refractivity contribution >= 4 is 35.4 Å². The second-order valence-electron chi connectivity index (χ2n) is 18.4. The summed E-state index contributed by atoms with van der Waals surface area (Å²) in [6.45, 7) is 3.63. The van der Waals surface area contributed by atoms with Gasteiger partial charge in [0.2, 0.25) is 17.7 Å². The molecule has 2 fully saturated rings. The average molecular weight is 1110 g/mol. The molecule has 78 heavy (non-hydrogen) atoms. The predicted molar refractivity (Wildman–Crippen MR) is 275 cm³/mol. The minimum absolute atomic E-state index is 0.00649. The van der Waals surface area contributed by atoms with Crippen LogP contribution in [0.3, 0.4) is 0 Å². The number of carbonyl (C=O) groups is 6. The van der Waals surface area contributed by atoms with Crippen LogP contribution in [-0.2, 0) is 52.4 Å². The van der Waals surface area contributed by atoms with Crippen LogP contribution in [-0.4, -0.2) is 226 Å². The minimum Gasteiger partial charge on any atom is -0.484 e. The summed E-state index contributed by atoms with van der Waals surface area (Å²) in [5.74, 6) is -2.20. The fraction of sp³-hybridized carbons (Fsp3) is 0.647. The van der Waals surface area contributed by atoms with Crippen molar-refractivity contribution < 1.29 is 97.3 Å². The quantitative estimate of drug-likeness (QED) is 0.0297. The minimum atomic E-state index is -1.45. The Morgan fingerprint density at radius 3 is 1.64 bits per heavy atom. The van der Waals surface area contributed by atoms with E-state index in [0.717, 1.165) is 12.8 Å². The van der Waals surface area contributed by atoms with Crippen molar-refractivity contribution in [2.75, 3.05) is 92.6 Å². The fourth-order valence-corrected chi connectivity index (χ4v) is 7.77. The Balaban J connectivity index is 1.23. The van der Waals surface area contributed by atoms with Crippen LogP contribution in [0.15, 0.2) is 42.5 Å². The van der Waals surface area contributed by atoms with Crippen molar-refractivity contribution in [3.63, 3.8) is 0 Å². The van der Waals surface area contributed by atoms with Crippen molar-refractivity contribution in [3.8, 4) is 22.6 Å². The van der Waals surface area contributed by atoms with E-state index in [1.165, 1.54) is 13.0 Å². The number of nitrogens with one attached hydrogen (secondary N) is 6. The van der Waals surface area contributed by atoms with Crippen LogP contribution in [0.4, 0.5) is 0 Å². The number of likely N-dealkylation sites (N-methyl/N-ethyl adjacent to an activating group) is 1. The molecule has 14 N–H and O–H groups in total. The first-order valence-corrected chi connectivity index (χ1v) is 26.0. The van der Waals surface area contributed by atoms with Crippen molar-refractivity contribution in [1.29, 1.82) is 0 Å². The second-order valence-corrected chi connectivity index (χ2v) is 18.4. The van der Waals surface area contributed by atoms with Gasteiger partial charge in [-0.25, -0.2) is 0 Å². The summed E-state index contributed by atoms with van der Waals surface area (Å²) in [4.78, 5) is 76.0. The molecule has 0 radical (unpaired) electrons. The number of hydrogen-bond donors (Lipinski definition) is 13. The number of imide groups is 1. The molecule has 0 unspecified atom stereocenters. The lowest BCUT2D eigenvalue weighted by atomic mass is 10.0. The van der Waals surface area contributed by atoms with Gasteiger partial charge in [-0.15, -0.1) is 0 Å². The highest BCUT2D eigenvalue weighted by Crippen LogP contribution is 2.29. The summed E-state index contributed by atoms with van der Waals surface area (Å²) in [7, 11) is 1.63. The number of unbranched alkanes of at least 4 members (excludes halogenated alkanes) is 1. The van der Waals surface area contributed by atoms with Gasteiger partial charge in [0.05, 0.1) is 57.9 Å². The molecule has 0 aliphatic carbocycles. The van der Waals surface area contributed by atoms with Crippen molar-refractivity contribution in [2.24, 2.45) is 5.73 Å². The molecule has 2 aromatic rings. The molecule has 27 heteroatoms. The van der Waals surface area contributed by atoms with E-state index in [1.54, 1.807) is 50.4 Å². The number of rotatable bonds is 35. The molecule has 0 saturated carbocycles. The Morgan fingerprint density at radius 1 is 0.564 bits per heavy atom. The standard InChI is InChI=1S/C51H79N7O20/c1-30-42(63)44(65)46(67)50(77-30)73-23-21-71-19-17-55-40(61)28-75-35-12-10-32(11-13-35)33-25-34(48(69)57-16-15-54-38(59)8-6-9-39(60)58-49(70)37(53-3)7-4-5-14-52)27-36(26-33)76-29-41(62)56-18-20-72-22-24-74-51-47(68)45(66)43(64)31(2)78-51/h10-13,25-27,30-31,37,42-47,50-51,53,63-68H,4-9,14-24,28-29,52H2,1-3H3,(H,54,59)(H,55,61)(H,56,62)(H,57,69)(H,58,60,70)/t30-,31-,37-,42-,43-,44+,45+,46+,47+,50+,51+/m0/s1. The van der Waals surface area contributed by atoms with E-state index in [9.17, 15) is 59.4 Å². The Labute approximate surface area is 452 Å². The van der Waals surface area contributed by atoms with Gasteiger partial charge in [0.1, 0.15) is 48.1 Å². The molecule has 0 aromatic heterocycles. The SMILES string of the molecule is CN[C@@H](CCCCN)C(=O)NC(=O)CCCC(=O)NCCNC(=O)c1cc(OCC(=O)NCCOCCO[C@@H]2O[C@@H](C)[C@H](O)[C@@H](O)[C@H]2O)cc(-c2ccc(OCC(=O)NCCOCCO[C@@H]3O[C@@H](C)[C@H](O)[C@@H](O)[C@H]3O)cc2)c1. The smallest absolute Gasteiger partial charge is 0.258 e. The van der Waals surface area contributed by atoms with E-state index < -0.39 is 104 Å². The molecule has 2 aliphatic heterocycles. The lowest BCUT2D eigenvalue weighted by Gasteiger charge is -2.38. The van der Waals surface area contributed by atoms with Crippen LogP contribution < -0.4 is 47.1 Å². The molecule has 4 rings (SSSR count). The van der Waals surface area contributed by atoms with Gasteiger partial charge in [0, 0.05) is 44.6 Å². The summed E-state index contributed by atoms with van der Waals surface area (Å²) in [6.07, 6.45) is -9.84. The number of amides is 6. The molecule has 2 aromatic carbocycles.